The fourth-order valence-corrected chi connectivity index (χ4v) is 1.71. The molecule has 0 aliphatic carbocycles. The van der Waals surface area contributed by atoms with Crippen LogP contribution in [0.5, 0.6) is 0 Å². The van der Waals surface area contributed by atoms with E-state index in [9.17, 15) is 4.79 Å². The molecule has 1 heterocycles. The average molecular weight is 260 g/mol. The molecule has 1 fully saturated rings. The number of amides is 1. The molecule has 1 amide bonds. The predicted molar refractivity (Wildman–Crippen MR) is 67.5 cm³/mol. The number of hydrogen-bond donors (Lipinski definition) is 2. The molecule has 0 aromatic rings. The standard InChI is InChI=1S/C12H24N2O4/c1-16-6-7-18-9-8-17-5-4-13-11-2-3-12(15)14-10-11/h11,13H,2-10H2,1H3,(H,14,15). The lowest BCUT2D eigenvalue weighted by Crippen LogP contribution is -2.46. The number of carbonyl (C=O) groups is 1. The van der Waals surface area contributed by atoms with Gasteiger partial charge in [0.2, 0.25) is 5.91 Å². The normalized spacial score (nSPS) is 19.8. The van der Waals surface area contributed by atoms with E-state index >= 15 is 0 Å². The Hall–Kier alpha value is -0.690. The number of methoxy groups -OCH3 is 1. The first-order valence-electron chi connectivity index (χ1n) is 6.47. The molecule has 1 unspecified atom stereocenters. The van der Waals surface area contributed by atoms with Gasteiger partial charge >= 0.3 is 0 Å². The number of hydrogen-bond acceptors (Lipinski definition) is 5. The molecule has 0 saturated carbocycles. The van der Waals surface area contributed by atoms with E-state index in [0.717, 1.165) is 19.5 Å². The van der Waals surface area contributed by atoms with Crippen LogP contribution in [-0.2, 0) is 19.0 Å². The molecule has 0 aromatic heterocycles. The van der Waals surface area contributed by atoms with Crippen molar-refractivity contribution in [2.75, 3.05) is 53.2 Å². The van der Waals surface area contributed by atoms with Crippen LogP contribution < -0.4 is 10.6 Å². The molecule has 18 heavy (non-hydrogen) atoms. The highest BCUT2D eigenvalue weighted by Gasteiger charge is 2.16. The van der Waals surface area contributed by atoms with Gasteiger partial charge in [-0.3, -0.25) is 4.79 Å². The third-order valence-corrected chi connectivity index (χ3v) is 2.75. The highest BCUT2D eigenvalue weighted by Crippen LogP contribution is 2.01. The maximum absolute atomic E-state index is 10.9. The Kier molecular flexibility index (Phi) is 8.75. The van der Waals surface area contributed by atoms with Crippen molar-refractivity contribution < 1.29 is 19.0 Å². The smallest absolute Gasteiger partial charge is 0.220 e. The van der Waals surface area contributed by atoms with Crippen molar-refractivity contribution in [3.63, 3.8) is 0 Å². The Morgan fingerprint density at radius 1 is 1.22 bits per heavy atom. The van der Waals surface area contributed by atoms with Crippen molar-refractivity contribution >= 4 is 5.91 Å². The summed E-state index contributed by atoms with van der Waals surface area (Å²) in [4.78, 5) is 10.9. The van der Waals surface area contributed by atoms with Gasteiger partial charge in [-0.15, -0.1) is 0 Å². The second-order valence-corrected chi connectivity index (χ2v) is 4.21. The summed E-state index contributed by atoms with van der Waals surface area (Å²) in [5.41, 5.74) is 0. The number of ether oxygens (including phenoxy) is 3. The van der Waals surface area contributed by atoms with E-state index in [1.807, 2.05) is 0 Å². The zero-order valence-corrected chi connectivity index (χ0v) is 11.1. The van der Waals surface area contributed by atoms with Crippen molar-refractivity contribution in [2.24, 2.45) is 0 Å². The lowest BCUT2D eigenvalue weighted by molar-refractivity contribution is -0.122. The molecule has 0 bridgehead atoms. The molecule has 2 N–H and O–H groups in total. The van der Waals surface area contributed by atoms with Gasteiger partial charge in [-0.1, -0.05) is 0 Å². The average Bonchev–Trinajstić information content (AvgIpc) is 2.39. The number of piperidine rings is 1. The Balaban J connectivity index is 1.80. The van der Waals surface area contributed by atoms with Gasteiger partial charge in [0.05, 0.1) is 33.0 Å². The third-order valence-electron chi connectivity index (χ3n) is 2.75. The molecular weight excluding hydrogens is 236 g/mol. The zero-order chi connectivity index (χ0) is 13.1. The van der Waals surface area contributed by atoms with E-state index in [1.54, 1.807) is 7.11 Å². The molecule has 1 rings (SSSR count). The molecule has 1 aliphatic heterocycles. The van der Waals surface area contributed by atoms with Gasteiger partial charge in [0, 0.05) is 32.7 Å². The molecule has 6 nitrogen and oxygen atoms in total. The maximum Gasteiger partial charge on any atom is 0.220 e. The number of rotatable bonds is 10. The minimum atomic E-state index is 0.150. The first-order chi connectivity index (χ1) is 8.83. The van der Waals surface area contributed by atoms with Crippen molar-refractivity contribution in [1.82, 2.24) is 10.6 Å². The topological polar surface area (TPSA) is 68.8 Å². The molecule has 6 heteroatoms. The predicted octanol–water partition coefficient (Wildman–Crippen LogP) is -0.466. The van der Waals surface area contributed by atoms with Gasteiger partial charge in [-0.05, 0) is 6.42 Å². The van der Waals surface area contributed by atoms with Crippen LogP contribution in [0.1, 0.15) is 12.8 Å². The van der Waals surface area contributed by atoms with Gasteiger partial charge in [0.1, 0.15) is 0 Å². The molecular formula is C12H24N2O4. The largest absolute Gasteiger partial charge is 0.382 e. The van der Waals surface area contributed by atoms with Gasteiger partial charge in [0.25, 0.3) is 0 Å². The molecule has 0 spiro atoms. The lowest BCUT2D eigenvalue weighted by Gasteiger charge is -2.23. The first kappa shape index (κ1) is 15.4. The molecule has 0 aromatic carbocycles. The van der Waals surface area contributed by atoms with Gasteiger partial charge in [-0.25, -0.2) is 0 Å². The first-order valence-corrected chi connectivity index (χ1v) is 6.47. The van der Waals surface area contributed by atoms with E-state index in [-0.39, 0.29) is 5.91 Å². The van der Waals surface area contributed by atoms with Crippen LogP contribution in [0, 0.1) is 0 Å². The summed E-state index contributed by atoms with van der Waals surface area (Å²) in [6.07, 6.45) is 1.53. The maximum atomic E-state index is 10.9. The number of carbonyl (C=O) groups excluding carboxylic acids is 1. The number of nitrogens with one attached hydrogen (secondary N) is 2. The summed E-state index contributed by atoms with van der Waals surface area (Å²) in [5, 5.41) is 6.19. The Bertz CT molecular complexity index is 216. The van der Waals surface area contributed by atoms with Gasteiger partial charge in [0.15, 0.2) is 0 Å². The fourth-order valence-electron chi connectivity index (χ4n) is 1.71. The summed E-state index contributed by atoms with van der Waals surface area (Å²) < 4.78 is 15.5. The molecule has 1 saturated heterocycles. The highest BCUT2D eigenvalue weighted by atomic mass is 16.5. The minimum Gasteiger partial charge on any atom is -0.382 e. The molecule has 106 valence electrons. The van der Waals surface area contributed by atoms with Crippen LogP contribution in [0.2, 0.25) is 0 Å². The zero-order valence-electron chi connectivity index (χ0n) is 11.1. The SMILES string of the molecule is COCCOCCOCCNC1CCC(=O)NC1. The van der Waals surface area contributed by atoms with Crippen LogP contribution in [0.4, 0.5) is 0 Å². The fraction of sp³-hybridized carbons (Fsp3) is 0.917. The summed E-state index contributed by atoms with van der Waals surface area (Å²) in [5.74, 6) is 0.150. The van der Waals surface area contributed by atoms with E-state index < -0.39 is 0 Å². The molecule has 0 radical (unpaired) electrons. The Morgan fingerprint density at radius 3 is 2.61 bits per heavy atom. The summed E-state index contributed by atoms with van der Waals surface area (Å²) in [7, 11) is 1.65. The van der Waals surface area contributed by atoms with E-state index in [2.05, 4.69) is 10.6 Å². The van der Waals surface area contributed by atoms with Crippen molar-refractivity contribution in [3.8, 4) is 0 Å². The second kappa shape index (κ2) is 10.3. The van der Waals surface area contributed by atoms with Crippen LogP contribution in [0.15, 0.2) is 0 Å². The Morgan fingerprint density at radius 2 is 1.94 bits per heavy atom. The summed E-state index contributed by atoms with van der Waals surface area (Å²) in [6, 6.07) is 0.379. The highest BCUT2D eigenvalue weighted by molar-refractivity contribution is 5.76. The van der Waals surface area contributed by atoms with E-state index in [1.165, 1.54) is 0 Å². The van der Waals surface area contributed by atoms with Crippen molar-refractivity contribution in [2.45, 2.75) is 18.9 Å². The lowest BCUT2D eigenvalue weighted by atomic mass is 10.1. The molecule has 1 aliphatic rings. The summed E-state index contributed by atoms with van der Waals surface area (Å²) >= 11 is 0. The summed E-state index contributed by atoms with van der Waals surface area (Å²) in [6.45, 7) is 4.63. The Labute approximate surface area is 108 Å². The van der Waals surface area contributed by atoms with E-state index in [0.29, 0.717) is 45.5 Å². The third kappa shape index (κ3) is 7.60. The van der Waals surface area contributed by atoms with Crippen LogP contribution in [-0.4, -0.2) is 65.2 Å². The van der Waals surface area contributed by atoms with Gasteiger partial charge in [-0.2, -0.15) is 0 Å². The van der Waals surface area contributed by atoms with Crippen molar-refractivity contribution in [1.29, 1.82) is 0 Å². The minimum absolute atomic E-state index is 0.150. The quantitative estimate of drug-likeness (QED) is 0.520. The molecule has 1 atom stereocenters. The van der Waals surface area contributed by atoms with Crippen molar-refractivity contribution in [3.05, 3.63) is 0 Å². The second-order valence-electron chi connectivity index (χ2n) is 4.21. The van der Waals surface area contributed by atoms with Crippen LogP contribution in [0.25, 0.3) is 0 Å². The monoisotopic (exact) mass is 260 g/mol. The van der Waals surface area contributed by atoms with Crippen LogP contribution >= 0.6 is 0 Å². The van der Waals surface area contributed by atoms with E-state index in [4.69, 9.17) is 14.2 Å². The van der Waals surface area contributed by atoms with Gasteiger partial charge < -0.3 is 24.8 Å². The van der Waals surface area contributed by atoms with Crippen LogP contribution in [0.3, 0.4) is 0 Å².